The van der Waals surface area contributed by atoms with E-state index < -0.39 is 16.7 Å². The van der Waals surface area contributed by atoms with Crippen molar-refractivity contribution in [1.29, 1.82) is 0 Å². The number of ketones is 3. The minimum absolute atomic E-state index is 0.0429. The monoisotopic (exact) mass is 428 g/mol. The molecule has 0 spiro atoms. The van der Waals surface area contributed by atoms with Gasteiger partial charge in [0.2, 0.25) is 0 Å². The van der Waals surface area contributed by atoms with Gasteiger partial charge in [-0.15, -0.1) is 0 Å². The van der Waals surface area contributed by atoms with E-state index >= 15 is 0 Å². The molecule has 0 aromatic heterocycles. The van der Waals surface area contributed by atoms with E-state index in [1.54, 1.807) is 27.7 Å². The molecule has 0 unspecified atom stereocenters. The van der Waals surface area contributed by atoms with Crippen molar-refractivity contribution in [3.05, 3.63) is 28.5 Å². The van der Waals surface area contributed by atoms with Crippen molar-refractivity contribution in [2.45, 2.75) is 67.7 Å². The maximum Gasteiger partial charge on any atom is 0.175 e. The van der Waals surface area contributed by atoms with E-state index in [0.717, 1.165) is 0 Å². The topological polar surface area (TPSA) is 101 Å². The Morgan fingerprint density at radius 1 is 1.06 bits per heavy atom. The van der Waals surface area contributed by atoms with E-state index in [4.69, 9.17) is 4.74 Å². The van der Waals surface area contributed by atoms with Crippen LogP contribution in [0, 0.1) is 22.7 Å². The number of ether oxygens (including phenoxy) is 1. The minimum atomic E-state index is -1.24. The van der Waals surface area contributed by atoms with Gasteiger partial charge in [0.05, 0.1) is 10.8 Å². The third-order valence-corrected chi connectivity index (χ3v) is 6.41. The molecule has 1 aromatic carbocycles. The molecule has 6 heteroatoms. The minimum Gasteiger partial charge on any atom is -0.507 e. The normalized spacial score (nSPS) is 21.8. The van der Waals surface area contributed by atoms with Gasteiger partial charge in [-0.25, -0.2) is 0 Å². The third kappa shape index (κ3) is 3.27. The highest BCUT2D eigenvalue weighted by molar-refractivity contribution is 6.20. The molecule has 1 heterocycles. The molecule has 2 aliphatic rings. The first kappa shape index (κ1) is 23.0. The van der Waals surface area contributed by atoms with Crippen molar-refractivity contribution in [3.8, 4) is 17.2 Å². The fraction of sp³-hybridized carbons (Fsp3) is 0.560. The van der Waals surface area contributed by atoms with Gasteiger partial charge in [-0.05, 0) is 39.5 Å². The summed E-state index contributed by atoms with van der Waals surface area (Å²) >= 11 is 0. The van der Waals surface area contributed by atoms with E-state index in [-0.39, 0.29) is 64.2 Å². The fourth-order valence-electron chi connectivity index (χ4n) is 4.93. The predicted octanol–water partition coefficient (Wildman–Crippen LogP) is 4.92. The molecule has 0 amide bonds. The summed E-state index contributed by atoms with van der Waals surface area (Å²) in [6, 6.07) is 1.31. The number of hydrogen-bond acceptors (Lipinski definition) is 6. The summed E-state index contributed by atoms with van der Waals surface area (Å²) in [5, 5.41) is 21.7. The second-order valence-corrected chi connectivity index (χ2v) is 10.5. The number of fused-ring (bicyclic) bond motifs is 1. The number of aromatic hydroxyl groups is 2. The predicted molar refractivity (Wildman–Crippen MR) is 116 cm³/mol. The van der Waals surface area contributed by atoms with Gasteiger partial charge in [-0.1, -0.05) is 27.7 Å². The van der Waals surface area contributed by atoms with E-state index in [1.165, 1.54) is 6.07 Å². The molecular weight excluding hydrogens is 396 g/mol. The number of allylic oxidation sites excluding steroid dienone is 2. The Morgan fingerprint density at radius 2 is 1.65 bits per heavy atom. The largest absolute Gasteiger partial charge is 0.507 e. The van der Waals surface area contributed by atoms with Crippen LogP contribution < -0.4 is 4.74 Å². The number of phenolic OH excluding ortho intramolecular Hbond substituents is 2. The van der Waals surface area contributed by atoms with Crippen molar-refractivity contribution < 1.29 is 29.3 Å². The first-order valence-corrected chi connectivity index (χ1v) is 10.8. The third-order valence-electron chi connectivity index (χ3n) is 6.41. The summed E-state index contributed by atoms with van der Waals surface area (Å²) in [4.78, 5) is 39.4. The second kappa shape index (κ2) is 7.21. The average Bonchev–Trinajstić information content (AvgIpc) is 2.63. The molecule has 31 heavy (non-hydrogen) atoms. The summed E-state index contributed by atoms with van der Waals surface area (Å²) in [6.07, 6.45) is 0.161. The fourth-order valence-corrected chi connectivity index (χ4v) is 4.93. The van der Waals surface area contributed by atoms with E-state index in [1.807, 2.05) is 27.7 Å². The number of hydrogen-bond donors (Lipinski definition) is 2. The smallest absolute Gasteiger partial charge is 0.175 e. The van der Waals surface area contributed by atoms with Crippen molar-refractivity contribution in [3.63, 3.8) is 0 Å². The molecule has 3 rings (SSSR count). The Labute approximate surface area is 183 Å². The first-order chi connectivity index (χ1) is 14.1. The SMILES string of the molecule is CC(C)CC(=O)c1c(O)cc2c(c1O)[C@@H](C(C)C)C1=C(O2)C(C)(C)C(=O)C(C)(C)C1=O. The lowest BCUT2D eigenvalue weighted by molar-refractivity contribution is -0.144. The van der Waals surface area contributed by atoms with Crippen LogP contribution in [-0.2, 0) is 9.59 Å². The van der Waals surface area contributed by atoms with Gasteiger partial charge in [-0.2, -0.15) is 0 Å². The highest BCUT2D eigenvalue weighted by Gasteiger charge is 2.57. The lowest BCUT2D eigenvalue weighted by Crippen LogP contribution is -2.52. The van der Waals surface area contributed by atoms with Crippen LogP contribution in [0.2, 0.25) is 0 Å². The van der Waals surface area contributed by atoms with Crippen molar-refractivity contribution in [1.82, 2.24) is 0 Å². The van der Waals surface area contributed by atoms with Gasteiger partial charge < -0.3 is 14.9 Å². The first-order valence-electron chi connectivity index (χ1n) is 10.8. The van der Waals surface area contributed by atoms with Gasteiger partial charge in [0.15, 0.2) is 17.3 Å². The Balaban J connectivity index is 2.33. The molecule has 1 aliphatic heterocycles. The Hall–Kier alpha value is -2.63. The number of benzene rings is 1. The summed E-state index contributed by atoms with van der Waals surface area (Å²) in [6.45, 7) is 14.3. The average molecular weight is 429 g/mol. The van der Waals surface area contributed by atoms with Crippen LogP contribution >= 0.6 is 0 Å². The zero-order chi connectivity index (χ0) is 23.6. The van der Waals surface area contributed by atoms with Crippen molar-refractivity contribution in [2.24, 2.45) is 22.7 Å². The molecule has 0 radical (unpaired) electrons. The van der Waals surface area contributed by atoms with Gasteiger partial charge in [0.1, 0.15) is 28.6 Å². The molecule has 0 bridgehead atoms. The second-order valence-electron chi connectivity index (χ2n) is 10.5. The quantitative estimate of drug-likeness (QED) is 0.522. The Kier molecular flexibility index (Phi) is 5.36. The molecule has 0 saturated carbocycles. The summed E-state index contributed by atoms with van der Waals surface area (Å²) in [5.74, 6) is -1.93. The molecule has 0 fully saturated rings. The number of phenols is 2. The van der Waals surface area contributed by atoms with Crippen LogP contribution in [0.3, 0.4) is 0 Å². The molecule has 6 nitrogen and oxygen atoms in total. The molecule has 1 aromatic rings. The van der Waals surface area contributed by atoms with Crippen LogP contribution in [0.15, 0.2) is 17.4 Å². The summed E-state index contributed by atoms with van der Waals surface area (Å²) in [7, 11) is 0. The highest BCUT2D eigenvalue weighted by Crippen LogP contribution is 2.57. The number of Topliss-reactive ketones (excluding diaryl/α,β-unsaturated/α-hetero) is 3. The number of carbonyl (C=O) groups excluding carboxylic acids is 3. The molecule has 168 valence electrons. The maximum atomic E-state index is 13.5. The van der Waals surface area contributed by atoms with E-state index in [2.05, 4.69) is 0 Å². The standard InChI is InChI=1S/C25H32O6/c1-11(2)9-13(26)17-14(27)10-15-18(20(17)28)16(12(3)4)19-21(29)24(5,6)23(30)25(7,8)22(19)31-15/h10-12,16,27-28H,9H2,1-8H3/t16-/m1/s1. The maximum absolute atomic E-state index is 13.5. The summed E-state index contributed by atoms with van der Waals surface area (Å²) in [5.41, 5.74) is -1.77. The van der Waals surface area contributed by atoms with Gasteiger partial charge in [0, 0.05) is 29.5 Å². The summed E-state index contributed by atoms with van der Waals surface area (Å²) < 4.78 is 6.05. The molecular formula is C25H32O6. The zero-order valence-electron chi connectivity index (χ0n) is 19.5. The Bertz CT molecular complexity index is 1020. The number of carbonyl (C=O) groups is 3. The van der Waals surface area contributed by atoms with Crippen molar-refractivity contribution >= 4 is 17.3 Å². The van der Waals surface area contributed by atoms with E-state index in [9.17, 15) is 24.6 Å². The molecule has 0 saturated heterocycles. The van der Waals surface area contributed by atoms with Crippen molar-refractivity contribution in [2.75, 3.05) is 0 Å². The van der Waals surface area contributed by atoms with E-state index in [0.29, 0.717) is 11.1 Å². The van der Waals surface area contributed by atoms with Gasteiger partial charge in [-0.3, -0.25) is 14.4 Å². The number of rotatable bonds is 4. The molecule has 2 N–H and O–H groups in total. The molecule has 1 aliphatic carbocycles. The van der Waals surface area contributed by atoms with Crippen LogP contribution in [0.1, 0.15) is 83.7 Å². The zero-order valence-corrected chi connectivity index (χ0v) is 19.5. The highest BCUT2D eigenvalue weighted by atomic mass is 16.5. The van der Waals surface area contributed by atoms with Gasteiger partial charge in [0.25, 0.3) is 0 Å². The van der Waals surface area contributed by atoms with Crippen LogP contribution in [-0.4, -0.2) is 27.6 Å². The van der Waals surface area contributed by atoms with Crippen LogP contribution in [0.4, 0.5) is 0 Å². The molecule has 1 atom stereocenters. The van der Waals surface area contributed by atoms with Crippen LogP contribution in [0.5, 0.6) is 17.2 Å². The lowest BCUT2D eigenvalue weighted by Gasteiger charge is -2.45. The van der Waals surface area contributed by atoms with Gasteiger partial charge >= 0.3 is 0 Å². The van der Waals surface area contributed by atoms with Crippen LogP contribution in [0.25, 0.3) is 0 Å². The Morgan fingerprint density at radius 3 is 2.16 bits per heavy atom. The lowest BCUT2D eigenvalue weighted by atomic mass is 9.59.